The van der Waals surface area contributed by atoms with E-state index in [4.69, 9.17) is 9.15 Å². The van der Waals surface area contributed by atoms with Crippen LogP contribution in [0.5, 0.6) is 5.75 Å². The molecule has 21 heavy (non-hydrogen) atoms. The van der Waals surface area contributed by atoms with Gasteiger partial charge >= 0.3 is 0 Å². The summed E-state index contributed by atoms with van der Waals surface area (Å²) in [6, 6.07) is 8.15. The first kappa shape index (κ1) is 14.1. The Labute approximate surface area is 124 Å². The summed E-state index contributed by atoms with van der Waals surface area (Å²) < 4.78 is 11.6. The van der Waals surface area contributed by atoms with E-state index in [1.807, 2.05) is 18.2 Å². The van der Waals surface area contributed by atoms with Crippen molar-refractivity contribution in [1.82, 2.24) is 15.5 Å². The molecule has 0 bridgehead atoms. The summed E-state index contributed by atoms with van der Waals surface area (Å²) in [6.07, 6.45) is 2.01. The maximum absolute atomic E-state index is 5.91. The van der Waals surface area contributed by atoms with Crippen LogP contribution in [0.4, 0.5) is 0 Å². The van der Waals surface area contributed by atoms with Crippen molar-refractivity contribution >= 4 is 0 Å². The van der Waals surface area contributed by atoms with Crippen molar-refractivity contribution in [1.29, 1.82) is 0 Å². The molecule has 0 aliphatic carbocycles. The quantitative estimate of drug-likeness (QED) is 0.885. The number of fused-ring (bicyclic) bond motifs is 1. The van der Waals surface area contributed by atoms with Crippen LogP contribution in [-0.4, -0.2) is 23.3 Å². The van der Waals surface area contributed by atoms with Crippen LogP contribution >= 0.6 is 0 Å². The first-order valence-corrected chi connectivity index (χ1v) is 7.61. The molecule has 0 fully saturated rings. The fourth-order valence-corrected chi connectivity index (χ4v) is 2.62. The Kier molecular flexibility index (Phi) is 4.20. The van der Waals surface area contributed by atoms with Crippen LogP contribution in [0.1, 0.15) is 56.0 Å². The second kappa shape index (κ2) is 6.26. The van der Waals surface area contributed by atoms with E-state index >= 15 is 0 Å². The number of para-hydroxylation sites is 1. The lowest BCUT2D eigenvalue weighted by molar-refractivity contribution is 0.312. The van der Waals surface area contributed by atoms with Crippen LogP contribution in [-0.2, 0) is 0 Å². The number of rotatable bonds is 6. The lowest BCUT2D eigenvalue weighted by Gasteiger charge is -2.11. The standard InChI is InChI=1S/C16H21N3O2/c1-3-9-17-13(4-2)16-19-18-15(21-16)12-10-20-14-8-6-5-7-11(12)14/h5-8,12-13,17H,3-4,9-10H2,1-2H3. The fourth-order valence-electron chi connectivity index (χ4n) is 2.62. The zero-order valence-electron chi connectivity index (χ0n) is 12.5. The van der Waals surface area contributed by atoms with Crippen LogP contribution in [0.25, 0.3) is 0 Å². The van der Waals surface area contributed by atoms with Gasteiger partial charge in [-0.3, -0.25) is 0 Å². The maximum Gasteiger partial charge on any atom is 0.233 e. The van der Waals surface area contributed by atoms with Gasteiger partial charge in [-0.25, -0.2) is 0 Å². The summed E-state index contributed by atoms with van der Waals surface area (Å²) in [6.45, 7) is 5.78. The maximum atomic E-state index is 5.91. The number of hydrogen-bond acceptors (Lipinski definition) is 5. The molecule has 3 rings (SSSR count). The highest BCUT2D eigenvalue weighted by atomic mass is 16.5. The Morgan fingerprint density at radius 3 is 2.95 bits per heavy atom. The minimum Gasteiger partial charge on any atom is -0.492 e. The molecule has 1 N–H and O–H groups in total. The van der Waals surface area contributed by atoms with E-state index < -0.39 is 0 Å². The van der Waals surface area contributed by atoms with Crippen molar-refractivity contribution in [2.24, 2.45) is 0 Å². The van der Waals surface area contributed by atoms with E-state index in [1.165, 1.54) is 0 Å². The summed E-state index contributed by atoms with van der Waals surface area (Å²) >= 11 is 0. The van der Waals surface area contributed by atoms with Crippen molar-refractivity contribution in [2.75, 3.05) is 13.2 Å². The van der Waals surface area contributed by atoms with Gasteiger partial charge in [0.05, 0.1) is 12.0 Å². The zero-order valence-corrected chi connectivity index (χ0v) is 12.5. The molecule has 1 aliphatic rings. The highest BCUT2D eigenvalue weighted by Gasteiger charge is 2.30. The number of benzene rings is 1. The molecule has 112 valence electrons. The van der Waals surface area contributed by atoms with E-state index in [2.05, 4.69) is 35.4 Å². The molecule has 0 radical (unpaired) electrons. The lowest BCUT2D eigenvalue weighted by atomic mass is 10.0. The minimum absolute atomic E-state index is 0.0473. The molecule has 0 amide bonds. The molecular formula is C16H21N3O2. The Hall–Kier alpha value is -1.88. The molecule has 5 heteroatoms. The molecule has 0 spiro atoms. The molecule has 2 aromatic rings. The SMILES string of the molecule is CCCNC(CC)c1nnc(C2COc3ccccc32)o1. The van der Waals surface area contributed by atoms with Crippen molar-refractivity contribution in [2.45, 2.75) is 38.6 Å². The number of nitrogens with zero attached hydrogens (tertiary/aromatic N) is 2. The van der Waals surface area contributed by atoms with Crippen LogP contribution in [0, 0.1) is 0 Å². The van der Waals surface area contributed by atoms with E-state index in [-0.39, 0.29) is 12.0 Å². The van der Waals surface area contributed by atoms with Crippen molar-refractivity contribution < 1.29 is 9.15 Å². The molecule has 5 nitrogen and oxygen atoms in total. The molecular weight excluding hydrogens is 266 g/mol. The smallest absolute Gasteiger partial charge is 0.233 e. The van der Waals surface area contributed by atoms with Gasteiger partial charge in [0.15, 0.2) is 0 Å². The Morgan fingerprint density at radius 2 is 2.14 bits per heavy atom. The van der Waals surface area contributed by atoms with E-state index in [0.29, 0.717) is 18.4 Å². The second-order valence-electron chi connectivity index (χ2n) is 5.29. The Morgan fingerprint density at radius 1 is 1.29 bits per heavy atom. The van der Waals surface area contributed by atoms with Crippen LogP contribution in [0.2, 0.25) is 0 Å². The third-order valence-corrected chi connectivity index (χ3v) is 3.80. The highest BCUT2D eigenvalue weighted by molar-refractivity contribution is 5.42. The monoisotopic (exact) mass is 287 g/mol. The number of ether oxygens (including phenoxy) is 1. The average molecular weight is 287 g/mol. The predicted molar refractivity (Wildman–Crippen MR) is 79.4 cm³/mol. The van der Waals surface area contributed by atoms with Crippen LogP contribution < -0.4 is 10.1 Å². The average Bonchev–Trinajstić information content (AvgIpc) is 3.14. The summed E-state index contributed by atoms with van der Waals surface area (Å²) in [7, 11) is 0. The number of nitrogens with one attached hydrogen (secondary N) is 1. The van der Waals surface area contributed by atoms with E-state index in [1.54, 1.807) is 0 Å². The molecule has 0 saturated heterocycles. The molecule has 2 atom stereocenters. The summed E-state index contributed by atoms with van der Waals surface area (Å²) in [4.78, 5) is 0. The topological polar surface area (TPSA) is 60.2 Å². The van der Waals surface area contributed by atoms with Gasteiger partial charge in [0.2, 0.25) is 11.8 Å². The summed E-state index contributed by atoms with van der Waals surface area (Å²) in [5, 5.41) is 11.9. The van der Waals surface area contributed by atoms with Crippen molar-refractivity contribution in [3.05, 3.63) is 41.6 Å². The fraction of sp³-hybridized carbons (Fsp3) is 0.500. The predicted octanol–water partition coefficient (Wildman–Crippen LogP) is 3.04. The second-order valence-corrected chi connectivity index (χ2v) is 5.29. The van der Waals surface area contributed by atoms with Crippen LogP contribution in [0.3, 0.4) is 0 Å². The summed E-state index contributed by atoms with van der Waals surface area (Å²) in [5.41, 5.74) is 1.13. The van der Waals surface area contributed by atoms with E-state index in [9.17, 15) is 0 Å². The van der Waals surface area contributed by atoms with Gasteiger partial charge in [-0.05, 0) is 25.5 Å². The molecule has 0 saturated carbocycles. The zero-order chi connectivity index (χ0) is 14.7. The van der Waals surface area contributed by atoms with Gasteiger partial charge in [0.1, 0.15) is 12.4 Å². The number of hydrogen-bond donors (Lipinski definition) is 1. The lowest BCUT2D eigenvalue weighted by Crippen LogP contribution is -2.21. The summed E-state index contributed by atoms with van der Waals surface area (Å²) in [5.74, 6) is 2.28. The van der Waals surface area contributed by atoms with Crippen molar-refractivity contribution in [3.8, 4) is 5.75 Å². The van der Waals surface area contributed by atoms with Crippen molar-refractivity contribution in [3.63, 3.8) is 0 Å². The molecule has 1 aliphatic heterocycles. The van der Waals surface area contributed by atoms with Gasteiger partial charge in [0.25, 0.3) is 0 Å². The molecule has 1 aromatic heterocycles. The normalized spacial score (nSPS) is 18.3. The van der Waals surface area contributed by atoms with Gasteiger partial charge in [0, 0.05) is 5.56 Å². The largest absolute Gasteiger partial charge is 0.492 e. The van der Waals surface area contributed by atoms with Gasteiger partial charge < -0.3 is 14.5 Å². The van der Waals surface area contributed by atoms with Crippen LogP contribution in [0.15, 0.2) is 28.7 Å². The minimum atomic E-state index is 0.0473. The van der Waals surface area contributed by atoms with Gasteiger partial charge in [-0.2, -0.15) is 0 Å². The van der Waals surface area contributed by atoms with E-state index in [0.717, 1.165) is 30.7 Å². The molecule has 1 aromatic carbocycles. The van der Waals surface area contributed by atoms with Gasteiger partial charge in [-0.1, -0.05) is 32.0 Å². The molecule has 2 heterocycles. The number of aromatic nitrogens is 2. The third-order valence-electron chi connectivity index (χ3n) is 3.80. The Bertz CT molecular complexity index is 597. The highest BCUT2D eigenvalue weighted by Crippen LogP contribution is 2.37. The first-order valence-electron chi connectivity index (χ1n) is 7.61. The first-order chi connectivity index (χ1) is 10.3. The Balaban J connectivity index is 1.79. The van der Waals surface area contributed by atoms with Gasteiger partial charge in [-0.15, -0.1) is 10.2 Å². The third kappa shape index (κ3) is 2.78. The molecule has 2 unspecified atom stereocenters.